The molecule has 0 saturated carbocycles. The van der Waals surface area contributed by atoms with Gasteiger partial charge in [-0.05, 0) is 36.3 Å². The lowest BCUT2D eigenvalue weighted by molar-refractivity contribution is 1.09. The summed E-state index contributed by atoms with van der Waals surface area (Å²) in [6, 6.07) is 24.6. The topological polar surface area (TPSA) is 29.0 Å². The molecule has 0 unspecified atom stereocenters. The van der Waals surface area contributed by atoms with Crippen LogP contribution in [0.15, 0.2) is 79.1 Å². The maximum absolute atomic E-state index is 4.28. The molecular weight excluding hydrogens is 258 g/mol. The van der Waals surface area contributed by atoms with Crippen LogP contribution < -0.4 is 4.90 Å². The normalized spacial score (nSPS) is 9.52. The van der Waals surface area contributed by atoms with Gasteiger partial charge < -0.3 is 0 Å². The van der Waals surface area contributed by atoms with Gasteiger partial charge in [-0.1, -0.05) is 36.4 Å². The van der Waals surface area contributed by atoms with Crippen molar-refractivity contribution in [3.8, 4) is 12.0 Å². The van der Waals surface area contributed by atoms with Gasteiger partial charge in [0.1, 0.15) is 0 Å². The van der Waals surface area contributed by atoms with Crippen molar-refractivity contribution >= 4 is 11.6 Å². The van der Waals surface area contributed by atoms with Gasteiger partial charge in [-0.2, -0.15) is 0 Å². The zero-order valence-corrected chi connectivity index (χ0v) is 11.3. The van der Waals surface area contributed by atoms with Gasteiger partial charge >= 0.3 is 0 Å². The molecule has 1 aromatic heterocycles. The maximum atomic E-state index is 4.28. The van der Waals surface area contributed by atoms with E-state index in [4.69, 9.17) is 0 Å². The first-order valence-electron chi connectivity index (χ1n) is 6.62. The van der Waals surface area contributed by atoms with E-state index in [-0.39, 0.29) is 0 Å². The summed E-state index contributed by atoms with van der Waals surface area (Å²) in [5, 5.41) is 0. The number of aromatic nitrogens is 2. The molecule has 0 amide bonds. The van der Waals surface area contributed by atoms with Crippen molar-refractivity contribution in [3.63, 3.8) is 0 Å². The van der Waals surface area contributed by atoms with Crippen LogP contribution in [-0.4, -0.2) is 9.97 Å². The van der Waals surface area contributed by atoms with Gasteiger partial charge in [-0.25, -0.2) is 14.9 Å². The molecule has 0 radical (unpaired) electrons. The summed E-state index contributed by atoms with van der Waals surface area (Å²) in [4.78, 5) is 10.3. The molecule has 0 spiro atoms. The fourth-order valence-electron chi connectivity index (χ4n) is 1.86. The lowest BCUT2D eigenvalue weighted by Gasteiger charge is -2.14. The summed E-state index contributed by atoms with van der Waals surface area (Å²) in [6.45, 7) is 0. The number of rotatable bonds is 2. The highest BCUT2D eigenvalue weighted by Crippen LogP contribution is 2.19. The Morgan fingerprint density at radius 3 is 2.00 bits per heavy atom. The van der Waals surface area contributed by atoms with Crippen molar-refractivity contribution in [2.75, 3.05) is 4.90 Å². The Labute approximate surface area is 123 Å². The van der Waals surface area contributed by atoms with Gasteiger partial charge in [0.05, 0.1) is 5.69 Å². The summed E-state index contributed by atoms with van der Waals surface area (Å²) in [6.07, 6.45) is 3.42. The Balaban J connectivity index is 2.00. The van der Waals surface area contributed by atoms with Crippen molar-refractivity contribution in [1.82, 2.24) is 9.97 Å². The van der Waals surface area contributed by atoms with Crippen LogP contribution in [-0.2, 0) is 0 Å². The average molecular weight is 271 g/mol. The quantitative estimate of drug-likeness (QED) is 0.526. The Bertz CT molecular complexity index is 704. The lowest BCUT2D eigenvalue weighted by atomic mass is 10.2. The maximum Gasteiger partial charge on any atom is 0.241 e. The van der Waals surface area contributed by atoms with E-state index in [1.54, 1.807) is 23.4 Å². The van der Waals surface area contributed by atoms with Crippen molar-refractivity contribution in [2.45, 2.75) is 0 Å². The predicted octanol–water partition coefficient (Wildman–Crippen LogP) is 3.62. The number of hydrogen-bond acceptors (Lipinski definition) is 3. The SMILES string of the molecule is C(#CN(c1ccccc1)c1ncccn1)c1ccccc1. The molecule has 3 rings (SSSR count). The number of anilines is 2. The zero-order valence-electron chi connectivity index (χ0n) is 11.3. The summed E-state index contributed by atoms with van der Waals surface area (Å²) >= 11 is 0. The molecule has 0 bridgehead atoms. The van der Waals surface area contributed by atoms with Crippen LogP contribution in [0.25, 0.3) is 0 Å². The van der Waals surface area contributed by atoms with Crippen LogP contribution in [0.2, 0.25) is 0 Å². The molecule has 0 atom stereocenters. The van der Waals surface area contributed by atoms with E-state index in [2.05, 4.69) is 21.9 Å². The molecule has 21 heavy (non-hydrogen) atoms. The molecule has 0 aliphatic rings. The van der Waals surface area contributed by atoms with Crippen LogP contribution in [0.4, 0.5) is 11.6 Å². The van der Waals surface area contributed by atoms with Crippen molar-refractivity contribution in [2.24, 2.45) is 0 Å². The molecule has 0 N–H and O–H groups in total. The highest BCUT2D eigenvalue weighted by atomic mass is 15.2. The van der Waals surface area contributed by atoms with Crippen LogP contribution >= 0.6 is 0 Å². The molecule has 100 valence electrons. The second kappa shape index (κ2) is 6.36. The van der Waals surface area contributed by atoms with E-state index in [0.717, 1.165) is 11.3 Å². The molecule has 0 fully saturated rings. The third kappa shape index (κ3) is 3.26. The third-order valence-electron chi connectivity index (χ3n) is 2.85. The fraction of sp³-hybridized carbons (Fsp3) is 0. The first kappa shape index (κ1) is 12.9. The monoisotopic (exact) mass is 271 g/mol. The lowest BCUT2D eigenvalue weighted by Crippen LogP contribution is -2.12. The van der Waals surface area contributed by atoms with Crippen molar-refractivity contribution < 1.29 is 0 Å². The zero-order chi connectivity index (χ0) is 14.3. The second-order valence-corrected chi connectivity index (χ2v) is 4.32. The Kier molecular flexibility index (Phi) is 3.90. The third-order valence-corrected chi connectivity index (χ3v) is 2.85. The summed E-state index contributed by atoms with van der Waals surface area (Å²) in [7, 11) is 0. The highest BCUT2D eigenvalue weighted by Gasteiger charge is 2.08. The highest BCUT2D eigenvalue weighted by molar-refractivity contribution is 5.63. The van der Waals surface area contributed by atoms with Gasteiger partial charge in [-0.15, -0.1) is 0 Å². The molecule has 2 aromatic carbocycles. The van der Waals surface area contributed by atoms with E-state index < -0.39 is 0 Å². The molecule has 1 heterocycles. The predicted molar refractivity (Wildman–Crippen MR) is 83.9 cm³/mol. The smallest absolute Gasteiger partial charge is 0.237 e. The van der Waals surface area contributed by atoms with E-state index in [1.165, 1.54) is 0 Å². The standard InChI is InChI=1S/C18H13N3/c1-3-8-16(9-4-1)12-15-21(17-10-5-2-6-11-17)18-19-13-7-14-20-18/h1-11,13-14H. The van der Waals surface area contributed by atoms with Gasteiger partial charge in [0.25, 0.3) is 0 Å². The minimum Gasteiger partial charge on any atom is -0.237 e. The largest absolute Gasteiger partial charge is 0.241 e. The van der Waals surface area contributed by atoms with E-state index in [1.807, 2.05) is 60.7 Å². The fourth-order valence-corrected chi connectivity index (χ4v) is 1.86. The van der Waals surface area contributed by atoms with Crippen LogP contribution in [0.1, 0.15) is 5.56 Å². The number of nitrogens with zero attached hydrogens (tertiary/aromatic N) is 3. The summed E-state index contributed by atoms with van der Waals surface area (Å²) in [5.74, 6) is 3.70. The first-order chi connectivity index (χ1) is 10.4. The second-order valence-electron chi connectivity index (χ2n) is 4.32. The van der Waals surface area contributed by atoms with E-state index >= 15 is 0 Å². The van der Waals surface area contributed by atoms with E-state index in [9.17, 15) is 0 Å². The van der Waals surface area contributed by atoms with Crippen molar-refractivity contribution in [1.29, 1.82) is 0 Å². The number of hydrogen-bond donors (Lipinski definition) is 0. The van der Waals surface area contributed by atoms with Gasteiger partial charge in [0, 0.05) is 24.0 Å². The minimum atomic E-state index is 0.562. The Morgan fingerprint density at radius 1 is 0.714 bits per heavy atom. The molecule has 0 aliphatic heterocycles. The minimum absolute atomic E-state index is 0.562. The molecule has 0 saturated heterocycles. The molecular formula is C18H13N3. The summed E-state index contributed by atoms with van der Waals surface area (Å²) in [5.41, 5.74) is 1.89. The number of benzene rings is 2. The molecule has 3 heteroatoms. The van der Waals surface area contributed by atoms with Crippen molar-refractivity contribution in [3.05, 3.63) is 84.7 Å². The van der Waals surface area contributed by atoms with Gasteiger partial charge in [0.2, 0.25) is 5.95 Å². The molecule has 0 aliphatic carbocycles. The van der Waals surface area contributed by atoms with Crippen LogP contribution in [0.5, 0.6) is 0 Å². The summed E-state index contributed by atoms with van der Waals surface area (Å²) < 4.78 is 0. The van der Waals surface area contributed by atoms with Gasteiger partial charge in [0.15, 0.2) is 0 Å². The van der Waals surface area contributed by atoms with Gasteiger partial charge in [-0.3, -0.25) is 0 Å². The van der Waals surface area contributed by atoms with Crippen LogP contribution in [0, 0.1) is 12.0 Å². The average Bonchev–Trinajstić information content (AvgIpc) is 2.58. The molecule has 3 nitrogen and oxygen atoms in total. The Morgan fingerprint density at radius 2 is 1.33 bits per heavy atom. The number of para-hydroxylation sites is 1. The van der Waals surface area contributed by atoms with E-state index in [0.29, 0.717) is 5.95 Å². The Hall–Kier alpha value is -3.12. The first-order valence-corrected chi connectivity index (χ1v) is 6.62. The van der Waals surface area contributed by atoms with Crippen LogP contribution in [0.3, 0.4) is 0 Å². The molecule has 3 aromatic rings.